The Balaban J connectivity index is 2.90. The van der Waals surface area contributed by atoms with Crippen LogP contribution in [-0.2, 0) is 6.42 Å². The second-order valence-electron chi connectivity index (χ2n) is 3.01. The number of aliphatic hydroxyl groups excluding tert-OH is 2. The summed E-state index contributed by atoms with van der Waals surface area (Å²) in [4.78, 5) is 0. The van der Waals surface area contributed by atoms with Gasteiger partial charge in [0, 0.05) is 12.0 Å². The van der Waals surface area contributed by atoms with Crippen LogP contribution in [0.4, 0.5) is 0 Å². The lowest BCUT2D eigenvalue weighted by molar-refractivity contribution is 0.0949. The van der Waals surface area contributed by atoms with Gasteiger partial charge in [-0.2, -0.15) is 0 Å². The van der Waals surface area contributed by atoms with E-state index in [1.54, 1.807) is 12.1 Å². The molecule has 4 nitrogen and oxygen atoms in total. The fraction of sp³-hybridized carbons (Fsp3) is 0.400. The third-order valence-corrected chi connectivity index (χ3v) is 1.95. The molecule has 1 aromatic rings. The SMILES string of the molecule is COc1c(O)cccc1CC(O)CO. The number of ether oxygens (including phenoxy) is 1. The van der Waals surface area contributed by atoms with E-state index in [0.29, 0.717) is 11.3 Å². The van der Waals surface area contributed by atoms with Gasteiger partial charge in [-0.05, 0) is 6.07 Å². The first-order chi connectivity index (χ1) is 6.69. The lowest BCUT2D eigenvalue weighted by Crippen LogP contribution is -2.15. The maximum absolute atomic E-state index is 9.41. The summed E-state index contributed by atoms with van der Waals surface area (Å²) >= 11 is 0. The molecule has 0 aliphatic heterocycles. The number of methoxy groups -OCH3 is 1. The minimum absolute atomic E-state index is 0.0372. The molecule has 0 saturated carbocycles. The normalized spacial score (nSPS) is 12.5. The van der Waals surface area contributed by atoms with Gasteiger partial charge in [0.25, 0.3) is 0 Å². The molecular weight excluding hydrogens is 184 g/mol. The van der Waals surface area contributed by atoms with Crippen molar-refractivity contribution in [1.29, 1.82) is 0 Å². The Hall–Kier alpha value is -1.26. The van der Waals surface area contributed by atoms with Gasteiger partial charge >= 0.3 is 0 Å². The maximum atomic E-state index is 9.41. The molecule has 0 spiro atoms. The minimum atomic E-state index is -0.828. The molecular formula is C10H14O4. The average molecular weight is 198 g/mol. The maximum Gasteiger partial charge on any atom is 0.163 e. The van der Waals surface area contributed by atoms with Gasteiger partial charge in [0.05, 0.1) is 19.8 Å². The van der Waals surface area contributed by atoms with Crippen molar-refractivity contribution < 1.29 is 20.1 Å². The van der Waals surface area contributed by atoms with Crippen molar-refractivity contribution in [3.8, 4) is 11.5 Å². The second-order valence-corrected chi connectivity index (χ2v) is 3.01. The average Bonchev–Trinajstić information content (AvgIpc) is 2.18. The third kappa shape index (κ3) is 2.37. The molecule has 0 aliphatic carbocycles. The first-order valence-electron chi connectivity index (χ1n) is 4.32. The monoisotopic (exact) mass is 198 g/mol. The van der Waals surface area contributed by atoms with Crippen LogP contribution in [0.1, 0.15) is 5.56 Å². The zero-order valence-corrected chi connectivity index (χ0v) is 7.97. The molecule has 0 saturated heterocycles. The molecule has 0 bridgehead atoms. The molecule has 78 valence electrons. The van der Waals surface area contributed by atoms with Gasteiger partial charge in [0.2, 0.25) is 0 Å². The van der Waals surface area contributed by atoms with E-state index in [-0.39, 0.29) is 18.8 Å². The van der Waals surface area contributed by atoms with E-state index in [9.17, 15) is 10.2 Å². The van der Waals surface area contributed by atoms with Crippen LogP contribution < -0.4 is 4.74 Å². The van der Waals surface area contributed by atoms with E-state index in [0.717, 1.165) is 0 Å². The van der Waals surface area contributed by atoms with Crippen LogP contribution in [0, 0.1) is 0 Å². The number of aromatic hydroxyl groups is 1. The van der Waals surface area contributed by atoms with Crippen LogP contribution in [0.5, 0.6) is 11.5 Å². The van der Waals surface area contributed by atoms with Gasteiger partial charge < -0.3 is 20.1 Å². The molecule has 14 heavy (non-hydrogen) atoms. The standard InChI is InChI=1S/C10H14O4/c1-14-10-7(5-8(12)6-11)3-2-4-9(10)13/h2-4,8,11-13H,5-6H2,1H3. The van der Waals surface area contributed by atoms with Crippen LogP contribution in [0.3, 0.4) is 0 Å². The predicted molar refractivity (Wildman–Crippen MR) is 51.5 cm³/mol. The summed E-state index contributed by atoms with van der Waals surface area (Å²) in [6, 6.07) is 4.91. The first kappa shape index (κ1) is 10.8. The Bertz CT molecular complexity index is 298. The van der Waals surface area contributed by atoms with E-state index < -0.39 is 6.10 Å². The van der Waals surface area contributed by atoms with Crippen molar-refractivity contribution in [2.24, 2.45) is 0 Å². The Morgan fingerprint density at radius 1 is 1.43 bits per heavy atom. The Morgan fingerprint density at radius 2 is 2.14 bits per heavy atom. The molecule has 1 aromatic carbocycles. The Morgan fingerprint density at radius 3 is 2.71 bits per heavy atom. The van der Waals surface area contributed by atoms with Gasteiger partial charge in [-0.25, -0.2) is 0 Å². The first-order valence-corrected chi connectivity index (χ1v) is 4.32. The number of rotatable bonds is 4. The number of para-hydroxylation sites is 1. The minimum Gasteiger partial charge on any atom is -0.504 e. The van der Waals surface area contributed by atoms with E-state index in [4.69, 9.17) is 9.84 Å². The molecule has 0 aromatic heterocycles. The van der Waals surface area contributed by atoms with Crippen LogP contribution in [0.25, 0.3) is 0 Å². The van der Waals surface area contributed by atoms with Crippen LogP contribution in [0.15, 0.2) is 18.2 Å². The largest absolute Gasteiger partial charge is 0.504 e. The lowest BCUT2D eigenvalue weighted by atomic mass is 10.1. The van der Waals surface area contributed by atoms with E-state index >= 15 is 0 Å². The van der Waals surface area contributed by atoms with Gasteiger partial charge in [0.15, 0.2) is 11.5 Å². The van der Waals surface area contributed by atoms with E-state index in [1.807, 2.05) is 0 Å². The molecule has 1 rings (SSSR count). The fourth-order valence-electron chi connectivity index (χ4n) is 1.29. The van der Waals surface area contributed by atoms with Crippen molar-refractivity contribution in [2.45, 2.75) is 12.5 Å². The van der Waals surface area contributed by atoms with Crippen molar-refractivity contribution in [3.05, 3.63) is 23.8 Å². The zero-order chi connectivity index (χ0) is 10.6. The van der Waals surface area contributed by atoms with Crippen molar-refractivity contribution in [2.75, 3.05) is 13.7 Å². The smallest absolute Gasteiger partial charge is 0.163 e. The molecule has 0 fully saturated rings. The van der Waals surface area contributed by atoms with E-state index in [2.05, 4.69) is 0 Å². The molecule has 0 aliphatic rings. The van der Waals surface area contributed by atoms with Crippen LogP contribution in [0.2, 0.25) is 0 Å². The lowest BCUT2D eigenvalue weighted by Gasteiger charge is -2.12. The van der Waals surface area contributed by atoms with Crippen LogP contribution in [-0.4, -0.2) is 35.1 Å². The summed E-state index contributed by atoms with van der Waals surface area (Å²) in [6.45, 7) is -0.307. The highest BCUT2D eigenvalue weighted by Gasteiger charge is 2.11. The highest BCUT2D eigenvalue weighted by atomic mass is 16.5. The highest BCUT2D eigenvalue weighted by Crippen LogP contribution is 2.30. The summed E-state index contributed by atoms with van der Waals surface area (Å²) in [5.74, 6) is 0.384. The zero-order valence-electron chi connectivity index (χ0n) is 7.97. The third-order valence-electron chi connectivity index (χ3n) is 1.95. The van der Waals surface area contributed by atoms with Gasteiger partial charge in [-0.15, -0.1) is 0 Å². The van der Waals surface area contributed by atoms with Gasteiger partial charge in [-0.1, -0.05) is 12.1 Å². The summed E-state index contributed by atoms with van der Waals surface area (Å²) in [6.07, 6.45) is -0.570. The number of phenolic OH excluding ortho intramolecular Hbond substituents is 1. The fourth-order valence-corrected chi connectivity index (χ4v) is 1.29. The highest BCUT2D eigenvalue weighted by molar-refractivity contribution is 5.45. The number of phenols is 1. The van der Waals surface area contributed by atoms with Gasteiger partial charge in [-0.3, -0.25) is 0 Å². The molecule has 4 heteroatoms. The summed E-state index contributed by atoms with van der Waals surface area (Å²) in [5.41, 5.74) is 0.675. The Kier molecular flexibility index (Phi) is 3.73. The molecule has 1 atom stereocenters. The number of hydrogen-bond donors (Lipinski definition) is 3. The van der Waals surface area contributed by atoms with Crippen molar-refractivity contribution >= 4 is 0 Å². The molecule has 3 N–H and O–H groups in total. The number of aliphatic hydroxyl groups is 2. The van der Waals surface area contributed by atoms with E-state index in [1.165, 1.54) is 13.2 Å². The topological polar surface area (TPSA) is 69.9 Å². The summed E-state index contributed by atoms with van der Waals surface area (Å²) in [7, 11) is 1.45. The molecule has 0 amide bonds. The van der Waals surface area contributed by atoms with Crippen molar-refractivity contribution in [3.63, 3.8) is 0 Å². The Labute approximate surface area is 82.4 Å². The van der Waals surface area contributed by atoms with Gasteiger partial charge in [0.1, 0.15) is 0 Å². The molecule has 0 radical (unpaired) electrons. The second kappa shape index (κ2) is 4.83. The quantitative estimate of drug-likeness (QED) is 0.650. The van der Waals surface area contributed by atoms with Crippen LogP contribution >= 0.6 is 0 Å². The predicted octanol–water partition coefficient (Wildman–Crippen LogP) is 0.296. The number of hydrogen-bond acceptors (Lipinski definition) is 4. The molecule has 0 heterocycles. The number of benzene rings is 1. The summed E-state index contributed by atoms with van der Waals surface area (Å²) in [5, 5.41) is 27.3. The van der Waals surface area contributed by atoms with Crippen molar-refractivity contribution in [1.82, 2.24) is 0 Å². The molecule has 1 unspecified atom stereocenters. The summed E-state index contributed by atoms with van der Waals surface area (Å²) < 4.78 is 4.98.